The van der Waals surface area contributed by atoms with Crippen LogP contribution in [0.3, 0.4) is 0 Å². The minimum atomic E-state index is -1.28. The fourth-order valence-electron chi connectivity index (χ4n) is 2.95. The van der Waals surface area contributed by atoms with E-state index < -0.39 is 17.5 Å². The molecule has 0 radical (unpaired) electrons. The number of benzene rings is 1. The summed E-state index contributed by atoms with van der Waals surface area (Å²) in [6.07, 6.45) is -0.727. The summed E-state index contributed by atoms with van der Waals surface area (Å²) < 4.78 is 0. The van der Waals surface area contributed by atoms with Crippen LogP contribution in [0, 0.1) is 5.41 Å². The summed E-state index contributed by atoms with van der Waals surface area (Å²) in [7, 11) is 0. The minimum absolute atomic E-state index is 0.00846. The van der Waals surface area contributed by atoms with Crippen molar-refractivity contribution in [2.24, 2.45) is 5.41 Å². The number of carbonyl (C=O) groups excluding carboxylic acids is 1. The molecule has 0 unspecified atom stereocenters. The SMILES string of the molecule is O=C(CCO)N1CC[C@](Cc2ccccc2)(C(=O)O)[C@H](O)C1. The highest BCUT2D eigenvalue weighted by Crippen LogP contribution is 2.36. The Morgan fingerprint density at radius 1 is 1.27 bits per heavy atom. The van der Waals surface area contributed by atoms with E-state index >= 15 is 0 Å². The lowest BCUT2D eigenvalue weighted by Gasteiger charge is -2.42. The van der Waals surface area contributed by atoms with Gasteiger partial charge < -0.3 is 20.2 Å². The van der Waals surface area contributed by atoms with Crippen LogP contribution in [0.15, 0.2) is 30.3 Å². The third-order valence-corrected chi connectivity index (χ3v) is 4.33. The van der Waals surface area contributed by atoms with Crippen LogP contribution >= 0.6 is 0 Å². The Balaban J connectivity index is 2.16. The summed E-state index contributed by atoms with van der Waals surface area (Å²) >= 11 is 0. The number of piperidine rings is 1. The van der Waals surface area contributed by atoms with Crippen LogP contribution in [0.5, 0.6) is 0 Å². The third kappa shape index (κ3) is 3.28. The molecule has 1 fully saturated rings. The number of aliphatic hydroxyl groups is 2. The predicted octanol–water partition coefficient (Wildman–Crippen LogP) is 0.276. The highest BCUT2D eigenvalue weighted by Gasteiger charge is 2.49. The molecule has 0 aromatic heterocycles. The molecule has 2 rings (SSSR count). The van der Waals surface area contributed by atoms with Crippen LogP contribution in [0.4, 0.5) is 0 Å². The van der Waals surface area contributed by atoms with Crippen molar-refractivity contribution >= 4 is 11.9 Å². The quantitative estimate of drug-likeness (QED) is 0.725. The molecule has 0 bridgehead atoms. The van der Waals surface area contributed by atoms with Crippen LogP contribution in [0.25, 0.3) is 0 Å². The number of carboxylic acid groups (broad SMARTS) is 1. The van der Waals surface area contributed by atoms with E-state index in [1.165, 1.54) is 4.90 Å². The lowest BCUT2D eigenvalue weighted by molar-refractivity contribution is -0.166. The molecule has 0 spiro atoms. The molecule has 120 valence electrons. The number of carboxylic acids is 1. The van der Waals surface area contributed by atoms with Gasteiger partial charge in [0.1, 0.15) is 5.41 Å². The summed E-state index contributed by atoms with van der Waals surface area (Å²) in [4.78, 5) is 25.0. The predicted molar refractivity (Wildman–Crippen MR) is 79.1 cm³/mol. The second-order valence-corrected chi connectivity index (χ2v) is 5.70. The molecular weight excluding hydrogens is 286 g/mol. The fraction of sp³-hybridized carbons (Fsp3) is 0.500. The van der Waals surface area contributed by atoms with Crippen molar-refractivity contribution in [3.05, 3.63) is 35.9 Å². The van der Waals surface area contributed by atoms with E-state index in [4.69, 9.17) is 5.11 Å². The maximum Gasteiger partial charge on any atom is 0.312 e. The molecule has 1 saturated heterocycles. The zero-order valence-corrected chi connectivity index (χ0v) is 12.3. The largest absolute Gasteiger partial charge is 0.481 e. The highest BCUT2D eigenvalue weighted by atomic mass is 16.4. The standard InChI is InChI=1S/C16H21NO5/c18-9-6-14(20)17-8-7-16(15(21)22,13(19)11-17)10-12-4-2-1-3-5-12/h1-5,13,18-19H,6-11H2,(H,21,22)/t13-,16-/m1/s1. The first-order valence-electron chi connectivity index (χ1n) is 7.33. The van der Waals surface area contributed by atoms with Crippen LogP contribution in [0.2, 0.25) is 0 Å². The van der Waals surface area contributed by atoms with Gasteiger partial charge in [-0.15, -0.1) is 0 Å². The van der Waals surface area contributed by atoms with Crippen molar-refractivity contribution in [2.75, 3.05) is 19.7 Å². The molecule has 1 aliphatic rings. The zero-order chi connectivity index (χ0) is 16.2. The lowest BCUT2D eigenvalue weighted by Crippen LogP contribution is -2.57. The number of likely N-dealkylation sites (tertiary alicyclic amines) is 1. The first-order valence-corrected chi connectivity index (χ1v) is 7.33. The number of β-amino-alcohol motifs (C(OH)–C–C–N with tert-alkyl or cyclic N) is 1. The molecule has 6 nitrogen and oxygen atoms in total. The average Bonchev–Trinajstić information content (AvgIpc) is 2.50. The summed E-state index contributed by atoms with van der Waals surface area (Å²) in [6.45, 7) is 0.00646. The summed E-state index contributed by atoms with van der Waals surface area (Å²) in [5, 5.41) is 28.9. The van der Waals surface area contributed by atoms with Gasteiger partial charge >= 0.3 is 5.97 Å². The van der Waals surface area contributed by atoms with Crippen LogP contribution in [-0.2, 0) is 16.0 Å². The maximum absolute atomic E-state index is 11.8. The Bertz CT molecular complexity index is 533. The van der Waals surface area contributed by atoms with Crippen molar-refractivity contribution in [2.45, 2.75) is 25.4 Å². The number of aliphatic hydroxyl groups excluding tert-OH is 2. The molecule has 2 atom stereocenters. The number of aliphatic carboxylic acids is 1. The first-order chi connectivity index (χ1) is 10.5. The van der Waals surface area contributed by atoms with E-state index in [1.807, 2.05) is 30.3 Å². The number of carbonyl (C=O) groups is 2. The Hall–Kier alpha value is -1.92. The van der Waals surface area contributed by atoms with Crippen molar-refractivity contribution in [3.63, 3.8) is 0 Å². The fourth-order valence-corrected chi connectivity index (χ4v) is 2.95. The Kier molecular flexibility index (Phi) is 5.15. The topological polar surface area (TPSA) is 98.1 Å². The zero-order valence-electron chi connectivity index (χ0n) is 12.3. The normalized spacial score (nSPS) is 25.0. The molecule has 0 aliphatic carbocycles. The van der Waals surface area contributed by atoms with Crippen molar-refractivity contribution in [3.8, 4) is 0 Å². The van der Waals surface area contributed by atoms with E-state index in [2.05, 4.69) is 0 Å². The van der Waals surface area contributed by atoms with E-state index in [0.29, 0.717) is 0 Å². The van der Waals surface area contributed by atoms with Gasteiger partial charge in [-0.25, -0.2) is 0 Å². The molecule has 6 heteroatoms. The number of amides is 1. The minimum Gasteiger partial charge on any atom is -0.481 e. The number of hydrogen-bond donors (Lipinski definition) is 3. The van der Waals surface area contributed by atoms with E-state index in [0.717, 1.165) is 5.56 Å². The first kappa shape index (κ1) is 16.5. The van der Waals surface area contributed by atoms with Crippen molar-refractivity contribution in [1.82, 2.24) is 4.90 Å². The molecule has 1 amide bonds. The number of nitrogens with zero attached hydrogens (tertiary/aromatic N) is 1. The number of hydrogen-bond acceptors (Lipinski definition) is 4. The van der Waals surface area contributed by atoms with Crippen molar-refractivity contribution < 1.29 is 24.9 Å². The van der Waals surface area contributed by atoms with Crippen molar-refractivity contribution in [1.29, 1.82) is 0 Å². The van der Waals surface area contributed by atoms with Crippen LogP contribution in [-0.4, -0.2) is 57.9 Å². The van der Waals surface area contributed by atoms with Gasteiger partial charge in [-0.05, 0) is 18.4 Å². The Morgan fingerprint density at radius 2 is 1.95 bits per heavy atom. The van der Waals surface area contributed by atoms with Gasteiger partial charge in [-0.3, -0.25) is 9.59 Å². The van der Waals surface area contributed by atoms with Gasteiger partial charge in [0.2, 0.25) is 5.91 Å². The van der Waals surface area contributed by atoms with Gasteiger partial charge in [0.15, 0.2) is 0 Å². The van der Waals surface area contributed by atoms with Gasteiger partial charge in [0.25, 0.3) is 0 Å². The Labute approximate surface area is 129 Å². The third-order valence-electron chi connectivity index (χ3n) is 4.33. The summed E-state index contributed by atoms with van der Waals surface area (Å²) in [5.74, 6) is -1.31. The summed E-state index contributed by atoms with van der Waals surface area (Å²) in [6, 6.07) is 9.18. The van der Waals surface area contributed by atoms with E-state index in [1.54, 1.807) is 0 Å². The monoisotopic (exact) mass is 307 g/mol. The Morgan fingerprint density at radius 3 is 2.50 bits per heavy atom. The lowest BCUT2D eigenvalue weighted by atomic mass is 9.71. The highest BCUT2D eigenvalue weighted by molar-refractivity contribution is 5.79. The second kappa shape index (κ2) is 6.89. The number of rotatable bonds is 5. The van der Waals surface area contributed by atoms with Gasteiger partial charge in [0, 0.05) is 19.5 Å². The van der Waals surface area contributed by atoms with Gasteiger partial charge in [-0.1, -0.05) is 30.3 Å². The summed E-state index contributed by atoms with van der Waals surface area (Å²) in [5.41, 5.74) is -0.434. The smallest absolute Gasteiger partial charge is 0.312 e. The van der Waals surface area contributed by atoms with Crippen LogP contribution in [0.1, 0.15) is 18.4 Å². The molecule has 1 aromatic rings. The second-order valence-electron chi connectivity index (χ2n) is 5.70. The molecule has 1 aliphatic heterocycles. The maximum atomic E-state index is 11.8. The van der Waals surface area contributed by atoms with Gasteiger partial charge in [-0.2, -0.15) is 0 Å². The van der Waals surface area contributed by atoms with Gasteiger partial charge in [0.05, 0.1) is 12.7 Å². The molecule has 0 saturated carbocycles. The molecule has 1 aromatic carbocycles. The average molecular weight is 307 g/mol. The molecule has 1 heterocycles. The molecule has 22 heavy (non-hydrogen) atoms. The molecule has 3 N–H and O–H groups in total. The van der Waals surface area contributed by atoms with E-state index in [9.17, 15) is 19.8 Å². The molecular formula is C16H21NO5. The van der Waals surface area contributed by atoms with E-state index in [-0.39, 0.29) is 44.9 Å². The van der Waals surface area contributed by atoms with Crippen LogP contribution < -0.4 is 0 Å².